The molecular weight excluding hydrogens is 408 g/mol. The van der Waals surface area contributed by atoms with E-state index in [1.54, 1.807) is 52.2 Å². The van der Waals surface area contributed by atoms with Gasteiger partial charge in [0.1, 0.15) is 0 Å². The molecule has 2 N–H and O–H groups in total. The minimum absolute atomic E-state index is 0.155. The molecule has 1 fully saturated rings. The average Bonchev–Trinajstić information content (AvgIpc) is 3.06. The fraction of sp³-hybridized carbons (Fsp3) is 0.417. The molecule has 4 heterocycles. The monoisotopic (exact) mass is 436 g/mol. The summed E-state index contributed by atoms with van der Waals surface area (Å²) in [6.07, 6.45) is 7.43. The van der Waals surface area contributed by atoms with E-state index in [0.717, 1.165) is 6.42 Å². The molecule has 0 aromatic carbocycles. The molecule has 0 aliphatic carbocycles. The van der Waals surface area contributed by atoms with Crippen LogP contribution in [0.3, 0.4) is 0 Å². The Balaban J connectivity index is 1.86. The molecule has 4 rings (SSSR count). The van der Waals surface area contributed by atoms with Gasteiger partial charge in [-0.15, -0.1) is 0 Å². The van der Waals surface area contributed by atoms with Gasteiger partial charge in [0.2, 0.25) is 5.91 Å². The zero-order chi connectivity index (χ0) is 22.8. The number of hydrogen-bond donors (Lipinski definition) is 2. The standard InChI is InChI=1S/C24H28N4O4/c1-3-5-15-6-7-18-21-20(22(30)26-10-4-2)17(14-29)19(13-27(18)23(15)31)28(21)24(32)16-8-11-25-12-9-16/h3,5-9,11-12,17,19-21,29H,4,10,13-14H2,1-2H3,(H,26,30)/b5-3-/t17-,19-,20+,21+/m0/s1. The lowest BCUT2D eigenvalue weighted by Crippen LogP contribution is -2.49. The van der Waals surface area contributed by atoms with E-state index in [2.05, 4.69) is 10.3 Å². The first-order valence-corrected chi connectivity index (χ1v) is 11.0. The Hall–Kier alpha value is -3.26. The summed E-state index contributed by atoms with van der Waals surface area (Å²) in [5.74, 6) is -1.57. The number of nitrogens with one attached hydrogen (secondary N) is 1. The summed E-state index contributed by atoms with van der Waals surface area (Å²) in [6, 6.07) is 5.71. The van der Waals surface area contributed by atoms with E-state index in [-0.39, 0.29) is 30.5 Å². The largest absolute Gasteiger partial charge is 0.396 e. The van der Waals surface area contributed by atoms with Crippen molar-refractivity contribution in [3.05, 3.63) is 69.9 Å². The Morgan fingerprint density at radius 2 is 2.00 bits per heavy atom. The molecule has 8 heteroatoms. The minimum Gasteiger partial charge on any atom is -0.396 e. The number of rotatable bonds is 6. The van der Waals surface area contributed by atoms with Crippen LogP contribution in [0.2, 0.25) is 0 Å². The van der Waals surface area contributed by atoms with Crippen LogP contribution in [-0.2, 0) is 11.3 Å². The molecular formula is C24H28N4O4. The molecule has 0 radical (unpaired) electrons. The van der Waals surface area contributed by atoms with Crippen LogP contribution in [0.15, 0.2) is 47.5 Å². The lowest BCUT2D eigenvalue weighted by molar-refractivity contribution is -0.127. The van der Waals surface area contributed by atoms with Crippen LogP contribution < -0.4 is 10.9 Å². The highest BCUT2D eigenvalue weighted by atomic mass is 16.3. The van der Waals surface area contributed by atoms with Gasteiger partial charge in [-0.3, -0.25) is 19.4 Å². The highest BCUT2D eigenvalue weighted by molar-refractivity contribution is 5.96. The summed E-state index contributed by atoms with van der Waals surface area (Å²) in [5, 5.41) is 13.2. The van der Waals surface area contributed by atoms with Crippen molar-refractivity contribution in [3.63, 3.8) is 0 Å². The van der Waals surface area contributed by atoms with Gasteiger partial charge < -0.3 is 19.9 Å². The molecule has 0 unspecified atom stereocenters. The molecule has 168 valence electrons. The van der Waals surface area contributed by atoms with Gasteiger partial charge in [0.25, 0.3) is 11.5 Å². The minimum atomic E-state index is -0.650. The molecule has 2 aromatic heterocycles. The van der Waals surface area contributed by atoms with Gasteiger partial charge in [-0.25, -0.2) is 0 Å². The maximum absolute atomic E-state index is 13.6. The number of aliphatic hydroxyl groups excluding tert-OH is 1. The lowest BCUT2D eigenvalue weighted by atomic mass is 9.86. The van der Waals surface area contributed by atoms with E-state index in [0.29, 0.717) is 23.4 Å². The average molecular weight is 437 g/mol. The third kappa shape index (κ3) is 3.54. The number of amides is 2. The van der Waals surface area contributed by atoms with E-state index >= 15 is 0 Å². The number of aromatic nitrogens is 2. The van der Waals surface area contributed by atoms with Gasteiger partial charge in [0.05, 0.1) is 18.0 Å². The van der Waals surface area contributed by atoms with Crippen LogP contribution in [0.25, 0.3) is 6.08 Å². The summed E-state index contributed by atoms with van der Waals surface area (Å²) in [5.41, 5.74) is 1.48. The fourth-order valence-electron chi connectivity index (χ4n) is 5.02. The molecule has 32 heavy (non-hydrogen) atoms. The Morgan fingerprint density at radius 3 is 2.66 bits per heavy atom. The van der Waals surface area contributed by atoms with Crippen LogP contribution in [0, 0.1) is 11.8 Å². The molecule has 2 aromatic rings. The number of fused-ring (bicyclic) bond motifs is 4. The number of pyridine rings is 2. The second-order valence-corrected chi connectivity index (χ2v) is 8.25. The first kappa shape index (κ1) is 22.0. The lowest BCUT2D eigenvalue weighted by Gasteiger charge is -2.38. The third-order valence-corrected chi connectivity index (χ3v) is 6.43. The van der Waals surface area contributed by atoms with Gasteiger partial charge in [-0.05, 0) is 37.6 Å². The quantitative estimate of drug-likeness (QED) is 0.716. The van der Waals surface area contributed by atoms with Crippen LogP contribution in [0.1, 0.15) is 47.9 Å². The molecule has 8 nitrogen and oxygen atoms in total. The first-order valence-electron chi connectivity index (χ1n) is 11.0. The van der Waals surface area contributed by atoms with Crippen molar-refractivity contribution in [2.24, 2.45) is 11.8 Å². The second-order valence-electron chi connectivity index (χ2n) is 8.25. The van der Waals surface area contributed by atoms with Crippen molar-refractivity contribution in [3.8, 4) is 0 Å². The predicted molar refractivity (Wildman–Crippen MR) is 120 cm³/mol. The maximum atomic E-state index is 13.6. The van der Waals surface area contributed by atoms with Gasteiger partial charge in [0, 0.05) is 54.8 Å². The normalized spacial score (nSPS) is 23.9. The molecule has 2 bridgehead atoms. The molecule has 0 saturated carbocycles. The topological polar surface area (TPSA) is 105 Å². The number of aliphatic hydroxyl groups is 1. The van der Waals surface area contributed by atoms with E-state index in [4.69, 9.17) is 0 Å². The summed E-state index contributed by atoms with van der Waals surface area (Å²) >= 11 is 0. The molecule has 0 spiro atoms. The summed E-state index contributed by atoms with van der Waals surface area (Å²) in [7, 11) is 0. The number of nitrogens with zero attached hydrogens (tertiary/aromatic N) is 3. The van der Waals surface area contributed by atoms with E-state index in [1.165, 1.54) is 0 Å². The Labute approximate surface area is 186 Å². The molecule has 4 atom stereocenters. The zero-order valence-electron chi connectivity index (χ0n) is 18.3. The fourth-order valence-corrected chi connectivity index (χ4v) is 5.02. The zero-order valence-corrected chi connectivity index (χ0v) is 18.3. The van der Waals surface area contributed by atoms with Gasteiger partial charge >= 0.3 is 0 Å². The Kier molecular flexibility index (Phi) is 6.23. The Bertz CT molecular complexity index is 1090. The summed E-state index contributed by atoms with van der Waals surface area (Å²) in [6.45, 7) is 4.30. The highest BCUT2D eigenvalue weighted by Gasteiger charge is 2.57. The van der Waals surface area contributed by atoms with Crippen molar-refractivity contribution >= 4 is 17.9 Å². The van der Waals surface area contributed by atoms with Gasteiger partial charge in [-0.1, -0.05) is 19.1 Å². The number of carbonyl (C=O) groups is 2. The van der Waals surface area contributed by atoms with Gasteiger partial charge in [-0.2, -0.15) is 0 Å². The van der Waals surface area contributed by atoms with Crippen LogP contribution >= 0.6 is 0 Å². The van der Waals surface area contributed by atoms with Crippen LogP contribution in [0.5, 0.6) is 0 Å². The van der Waals surface area contributed by atoms with Crippen molar-refractivity contribution < 1.29 is 14.7 Å². The maximum Gasteiger partial charge on any atom is 0.258 e. The molecule has 2 amide bonds. The first-order chi connectivity index (χ1) is 15.5. The summed E-state index contributed by atoms with van der Waals surface area (Å²) in [4.78, 5) is 45.6. The van der Waals surface area contributed by atoms with Gasteiger partial charge in [0.15, 0.2) is 0 Å². The number of allylic oxidation sites excluding steroid dienone is 1. The SMILES string of the molecule is C/C=C\c1ccc2n(c1=O)C[C@H]1[C@H](CO)[C@@H](C(=O)NCCC)[C@@H]2N1C(=O)c1ccncc1. The van der Waals surface area contributed by atoms with E-state index < -0.39 is 23.9 Å². The van der Waals surface area contributed by atoms with E-state index in [9.17, 15) is 19.5 Å². The second kappa shape index (κ2) is 9.08. The molecule has 2 aliphatic heterocycles. The highest BCUT2D eigenvalue weighted by Crippen LogP contribution is 2.48. The van der Waals surface area contributed by atoms with Crippen LogP contribution in [-0.4, -0.2) is 50.6 Å². The van der Waals surface area contributed by atoms with Crippen molar-refractivity contribution in [2.45, 2.75) is 38.9 Å². The van der Waals surface area contributed by atoms with Crippen molar-refractivity contribution in [2.75, 3.05) is 13.2 Å². The molecule has 2 aliphatic rings. The van der Waals surface area contributed by atoms with Crippen LogP contribution in [0.4, 0.5) is 0 Å². The smallest absolute Gasteiger partial charge is 0.258 e. The van der Waals surface area contributed by atoms with Crippen molar-refractivity contribution in [1.29, 1.82) is 0 Å². The van der Waals surface area contributed by atoms with E-state index in [1.807, 2.05) is 19.9 Å². The third-order valence-electron chi connectivity index (χ3n) is 6.43. The van der Waals surface area contributed by atoms with Crippen molar-refractivity contribution in [1.82, 2.24) is 19.8 Å². The number of carbonyl (C=O) groups excluding carboxylic acids is 2. The molecule has 1 saturated heterocycles. The predicted octanol–water partition coefficient (Wildman–Crippen LogP) is 1.61. The number of hydrogen-bond acceptors (Lipinski definition) is 5. The summed E-state index contributed by atoms with van der Waals surface area (Å²) < 4.78 is 1.66. The Morgan fingerprint density at radius 1 is 1.25 bits per heavy atom.